The van der Waals surface area contributed by atoms with Gasteiger partial charge in [-0.15, -0.1) is 0 Å². The number of aromatic nitrogens is 2. The number of hydrogen-bond acceptors (Lipinski definition) is 4. The molecule has 0 amide bonds. The number of piperidine rings is 1. The molecule has 106 valence electrons. The van der Waals surface area contributed by atoms with Crippen LogP contribution in [0.15, 0.2) is 12.3 Å². The van der Waals surface area contributed by atoms with Gasteiger partial charge in [-0.05, 0) is 51.9 Å². The zero-order chi connectivity index (χ0) is 13.5. The van der Waals surface area contributed by atoms with Crippen LogP contribution >= 0.6 is 0 Å². The van der Waals surface area contributed by atoms with E-state index < -0.39 is 0 Å². The fraction of sp³-hybridized carbons (Fsp3) is 0.733. The molecular weight excluding hydrogens is 236 g/mol. The molecule has 2 rings (SSSR count). The van der Waals surface area contributed by atoms with Crippen molar-refractivity contribution in [1.82, 2.24) is 20.2 Å². The third kappa shape index (κ3) is 4.88. The minimum absolute atomic E-state index is 0.646. The SMILES string of the molecule is CCCCN1CCC(NCc2ccnc(C)n2)CC1. The van der Waals surface area contributed by atoms with Crippen molar-refractivity contribution in [2.45, 2.75) is 52.1 Å². The number of aryl methyl sites for hydroxylation is 1. The third-order valence-electron chi connectivity index (χ3n) is 3.82. The molecule has 1 aliphatic heterocycles. The number of likely N-dealkylation sites (tertiary alicyclic amines) is 1. The highest BCUT2D eigenvalue weighted by Crippen LogP contribution is 2.11. The molecule has 1 saturated heterocycles. The number of nitrogens with one attached hydrogen (secondary N) is 1. The Morgan fingerprint density at radius 2 is 2.16 bits per heavy atom. The zero-order valence-electron chi connectivity index (χ0n) is 12.2. The van der Waals surface area contributed by atoms with Crippen molar-refractivity contribution in [2.75, 3.05) is 19.6 Å². The molecule has 0 saturated carbocycles. The predicted molar refractivity (Wildman–Crippen MR) is 78.0 cm³/mol. The molecule has 0 atom stereocenters. The quantitative estimate of drug-likeness (QED) is 0.853. The van der Waals surface area contributed by atoms with Crippen molar-refractivity contribution in [3.05, 3.63) is 23.8 Å². The minimum atomic E-state index is 0.646. The van der Waals surface area contributed by atoms with E-state index in [1.807, 2.05) is 19.2 Å². The first-order valence-corrected chi connectivity index (χ1v) is 7.52. The number of rotatable bonds is 6. The van der Waals surface area contributed by atoms with Gasteiger partial charge in [0, 0.05) is 18.8 Å². The van der Waals surface area contributed by atoms with Gasteiger partial charge in [-0.2, -0.15) is 0 Å². The van der Waals surface area contributed by atoms with E-state index in [1.54, 1.807) is 0 Å². The van der Waals surface area contributed by atoms with Gasteiger partial charge < -0.3 is 10.2 Å². The first kappa shape index (κ1) is 14.4. The van der Waals surface area contributed by atoms with Gasteiger partial charge in [0.2, 0.25) is 0 Å². The molecule has 1 N–H and O–H groups in total. The summed E-state index contributed by atoms with van der Waals surface area (Å²) in [5.74, 6) is 0.855. The Bertz CT molecular complexity index is 372. The van der Waals surface area contributed by atoms with Crippen molar-refractivity contribution < 1.29 is 0 Å². The van der Waals surface area contributed by atoms with E-state index in [1.165, 1.54) is 45.3 Å². The van der Waals surface area contributed by atoms with E-state index in [0.717, 1.165) is 18.1 Å². The number of nitrogens with zero attached hydrogens (tertiary/aromatic N) is 3. The van der Waals surface area contributed by atoms with Crippen molar-refractivity contribution >= 4 is 0 Å². The lowest BCUT2D eigenvalue weighted by Gasteiger charge is -2.32. The lowest BCUT2D eigenvalue weighted by molar-refractivity contribution is 0.194. The van der Waals surface area contributed by atoms with E-state index in [9.17, 15) is 0 Å². The zero-order valence-corrected chi connectivity index (χ0v) is 12.2. The molecule has 0 aromatic carbocycles. The molecule has 1 aliphatic rings. The summed E-state index contributed by atoms with van der Waals surface area (Å²) in [4.78, 5) is 11.2. The summed E-state index contributed by atoms with van der Waals surface area (Å²) < 4.78 is 0. The summed E-state index contributed by atoms with van der Waals surface area (Å²) >= 11 is 0. The Morgan fingerprint density at radius 3 is 2.84 bits per heavy atom. The summed E-state index contributed by atoms with van der Waals surface area (Å²) in [7, 11) is 0. The normalized spacial score (nSPS) is 17.8. The molecule has 4 nitrogen and oxygen atoms in total. The van der Waals surface area contributed by atoms with Crippen LogP contribution in [0.2, 0.25) is 0 Å². The highest BCUT2D eigenvalue weighted by molar-refractivity contribution is 5.01. The Balaban J connectivity index is 1.68. The molecule has 0 unspecified atom stereocenters. The van der Waals surface area contributed by atoms with Gasteiger partial charge in [0.25, 0.3) is 0 Å². The maximum atomic E-state index is 4.43. The molecule has 2 heterocycles. The van der Waals surface area contributed by atoms with Gasteiger partial charge in [0.15, 0.2) is 0 Å². The largest absolute Gasteiger partial charge is 0.308 e. The van der Waals surface area contributed by atoms with Gasteiger partial charge in [0.05, 0.1) is 5.69 Å². The van der Waals surface area contributed by atoms with Crippen molar-refractivity contribution in [1.29, 1.82) is 0 Å². The van der Waals surface area contributed by atoms with Crippen LogP contribution in [0, 0.1) is 6.92 Å². The molecule has 19 heavy (non-hydrogen) atoms. The van der Waals surface area contributed by atoms with Crippen LogP contribution in [0.25, 0.3) is 0 Å². The summed E-state index contributed by atoms with van der Waals surface area (Å²) in [6, 6.07) is 2.64. The number of hydrogen-bond donors (Lipinski definition) is 1. The van der Waals surface area contributed by atoms with Gasteiger partial charge in [-0.25, -0.2) is 9.97 Å². The molecule has 1 aromatic rings. The smallest absolute Gasteiger partial charge is 0.125 e. The minimum Gasteiger partial charge on any atom is -0.308 e. The Labute approximate surface area is 116 Å². The Kier molecular flexibility index (Phi) is 5.73. The number of unbranched alkanes of at least 4 members (excludes halogenated alkanes) is 1. The highest BCUT2D eigenvalue weighted by atomic mass is 15.1. The molecule has 1 aromatic heterocycles. The topological polar surface area (TPSA) is 41.0 Å². The van der Waals surface area contributed by atoms with Crippen LogP contribution in [0.5, 0.6) is 0 Å². The molecule has 0 aliphatic carbocycles. The van der Waals surface area contributed by atoms with E-state index in [4.69, 9.17) is 0 Å². The molecular formula is C15H26N4. The van der Waals surface area contributed by atoms with Crippen LogP contribution in [-0.4, -0.2) is 40.5 Å². The maximum Gasteiger partial charge on any atom is 0.125 e. The first-order chi connectivity index (χ1) is 9.28. The van der Waals surface area contributed by atoms with Crippen LogP contribution in [-0.2, 0) is 6.54 Å². The van der Waals surface area contributed by atoms with E-state index in [0.29, 0.717) is 6.04 Å². The summed E-state index contributed by atoms with van der Waals surface area (Å²) in [6.45, 7) is 8.81. The second kappa shape index (κ2) is 7.56. The Hall–Kier alpha value is -1.00. The molecule has 0 radical (unpaired) electrons. The van der Waals surface area contributed by atoms with Gasteiger partial charge in [-0.1, -0.05) is 13.3 Å². The maximum absolute atomic E-state index is 4.43. The second-order valence-corrected chi connectivity index (χ2v) is 5.45. The van der Waals surface area contributed by atoms with Gasteiger partial charge in [-0.3, -0.25) is 0 Å². The Morgan fingerprint density at radius 1 is 1.37 bits per heavy atom. The van der Waals surface area contributed by atoms with Crippen molar-refractivity contribution in [3.63, 3.8) is 0 Å². The van der Waals surface area contributed by atoms with E-state index in [-0.39, 0.29) is 0 Å². The predicted octanol–water partition coefficient (Wildman–Crippen LogP) is 2.14. The van der Waals surface area contributed by atoms with Crippen molar-refractivity contribution in [2.24, 2.45) is 0 Å². The summed E-state index contributed by atoms with van der Waals surface area (Å²) in [5.41, 5.74) is 1.10. The molecule has 1 fully saturated rings. The summed E-state index contributed by atoms with van der Waals surface area (Å²) in [5, 5.41) is 3.62. The van der Waals surface area contributed by atoms with Gasteiger partial charge >= 0.3 is 0 Å². The molecule has 4 heteroatoms. The standard InChI is InChI=1S/C15H26N4/c1-3-4-9-19-10-6-14(7-11-19)17-12-15-5-8-16-13(2)18-15/h5,8,14,17H,3-4,6-7,9-12H2,1-2H3. The van der Waals surface area contributed by atoms with E-state index >= 15 is 0 Å². The second-order valence-electron chi connectivity index (χ2n) is 5.45. The van der Waals surface area contributed by atoms with Gasteiger partial charge in [0.1, 0.15) is 5.82 Å². The fourth-order valence-electron chi connectivity index (χ4n) is 2.59. The fourth-order valence-corrected chi connectivity index (χ4v) is 2.59. The third-order valence-corrected chi connectivity index (χ3v) is 3.82. The first-order valence-electron chi connectivity index (χ1n) is 7.52. The average molecular weight is 262 g/mol. The van der Waals surface area contributed by atoms with Crippen LogP contribution in [0.4, 0.5) is 0 Å². The molecule has 0 spiro atoms. The highest BCUT2D eigenvalue weighted by Gasteiger charge is 2.18. The lowest BCUT2D eigenvalue weighted by atomic mass is 10.0. The van der Waals surface area contributed by atoms with Crippen LogP contribution in [0.1, 0.15) is 44.1 Å². The lowest BCUT2D eigenvalue weighted by Crippen LogP contribution is -2.42. The molecule has 0 bridgehead atoms. The monoisotopic (exact) mass is 262 g/mol. The van der Waals surface area contributed by atoms with Crippen LogP contribution in [0.3, 0.4) is 0 Å². The summed E-state index contributed by atoms with van der Waals surface area (Å²) in [6.07, 6.45) is 6.98. The average Bonchev–Trinajstić information content (AvgIpc) is 2.44. The van der Waals surface area contributed by atoms with E-state index in [2.05, 4.69) is 27.1 Å². The van der Waals surface area contributed by atoms with Crippen molar-refractivity contribution in [3.8, 4) is 0 Å². The van der Waals surface area contributed by atoms with Crippen LogP contribution < -0.4 is 5.32 Å².